The zero-order chi connectivity index (χ0) is 21.4. The molecule has 1 aromatic heterocycles. The summed E-state index contributed by atoms with van der Waals surface area (Å²) in [5.74, 6) is 0. The molecule has 0 unspecified atom stereocenters. The molecule has 29 heavy (non-hydrogen) atoms. The number of hydrogen-bond acceptors (Lipinski definition) is 3. The predicted molar refractivity (Wildman–Crippen MR) is 106 cm³/mol. The van der Waals surface area contributed by atoms with Crippen molar-refractivity contribution in [3.63, 3.8) is 0 Å². The van der Waals surface area contributed by atoms with Gasteiger partial charge in [0.05, 0.1) is 4.90 Å². The van der Waals surface area contributed by atoms with E-state index in [0.29, 0.717) is 5.56 Å². The number of primary sulfonamides is 1. The van der Waals surface area contributed by atoms with Gasteiger partial charge in [-0.2, -0.15) is 13.2 Å². The van der Waals surface area contributed by atoms with Crippen LogP contribution in [0.1, 0.15) is 43.5 Å². The van der Waals surface area contributed by atoms with Gasteiger partial charge in [0.25, 0.3) is 0 Å². The molecule has 154 valence electrons. The zero-order valence-electron chi connectivity index (χ0n) is 16.0. The minimum Gasteiger partial charge on any atom is -0.251 e. The van der Waals surface area contributed by atoms with E-state index < -0.39 is 21.9 Å². The summed E-state index contributed by atoms with van der Waals surface area (Å²) in [7, 11) is -3.81. The lowest BCUT2D eigenvalue weighted by Gasteiger charge is -2.20. The number of allylic oxidation sites excluding steroid dienone is 4. The number of nitrogens with zero attached hydrogens (tertiary/aromatic N) is 1. The topological polar surface area (TPSA) is 73.1 Å². The van der Waals surface area contributed by atoms with Crippen molar-refractivity contribution in [3.8, 4) is 0 Å². The fourth-order valence-corrected chi connectivity index (χ4v) is 3.97. The summed E-state index contributed by atoms with van der Waals surface area (Å²) >= 11 is 0. The van der Waals surface area contributed by atoms with E-state index in [-0.39, 0.29) is 10.3 Å². The van der Waals surface area contributed by atoms with Gasteiger partial charge in [-0.3, -0.25) is 4.98 Å². The van der Waals surface area contributed by atoms with E-state index in [1.165, 1.54) is 24.4 Å². The maximum absolute atomic E-state index is 12.9. The number of hydrogen-bond donors (Lipinski definition) is 1. The Kier molecular flexibility index (Phi) is 5.44. The Hall–Kier alpha value is -2.45. The molecule has 3 rings (SSSR count). The number of pyridine rings is 1. The highest BCUT2D eigenvalue weighted by Gasteiger charge is 2.34. The van der Waals surface area contributed by atoms with Crippen molar-refractivity contribution < 1.29 is 21.6 Å². The monoisotopic (exact) mass is 422 g/mol. The van der Waals surface area contributed by atoms with Crippen LogP contribution < -0.4 is 5.14 Å². The summed E-state index contributed by atoms with van der Waals surface area (Å²) in [5, 5.41) is 5.16. The van der Waals surface area contributed by atoms with E-state index in [0.717, 1.165) is 35.6 Å². The van der Waals surface area contributed by atoms with Gasteiger partial charge >= 0.3 is 6.18 Å². The first-order chi connectivity index (χ1) is 13.5. The van der Waals surface area contributed by atoms with Crippen LogP contribution in [0.15, 0.2) is 59.6 Å². The van der Waals surface area contributed by atoms with Crippen LogP contribution in [0.4, 0.5) is 13.2 Å². The first-order valence-corrected chi connectivity index (χ1v) is 10.7. The minimum atomic E-state index is -4.50. The van der Waals surface area contributed by atoms with Gasteiger partial charge < -0.3 is 0 Å². The molecule has 8 heteroatoms. The first kappa shape index (κ1) is 21.3. The maximum atomic E-state index is 12.9. The van der Waals surface area contributed by atoms with E-state index in [2.05, 4.69) is 17.1 Å². The average molecular weight is 422 g/mol. The molecule has 0 saturated heterocycles. The fraction of sp³-hybridized carbons (Fsp3) is 0.286. The molecule has 0 saturated carbocycles. The third-order valence-corrected chi connectivity index (χ3v) is 6.26. The van der Waals surface area contributed by atoms with Gasteiger partial charge in [0.2, 0.25) is 10.0 Å². The quantitative estimate of drug-likeness (QED) is 0.734. The van der Waals surface area contributed by atoms with Gasteiger partial charge in [0.15, 0.2) is 0 Å². The number of rotatable bonds is 5. The lowest BCUT2D eigenvalue weighted by molar-refractivity contribution is -0.141. The first-order valence-electron chi connectivity index (χ1n) is 9.12. The zero-order valence-corrected chi connectivity index (χ0v) is 16.8. The molecular weight excluding hydrogens is 401 g/mol. The number of halogens is 3. The normalized spacial score (nSPS) is 16.5. The van der Waals surface area contributed by atoms with E-state index in [1.54, 1.807) is 12.1 Å². The second-order valence-corrected chi connectivity index (χ2v) is 8.62. The highest BCUT2D eigenvalue weighted by atomic mass is 32.2. The lowest BCUT2D eigenvalue weighted by atomic mass is 9.84. The van der Waals surface area contributed by atoms with Crippen molar-refractivity contribution in [1.82, 2.24) is 4.98 Å². The standard InChI is InChI=1S/C21H21F3N2O2S/c1-3-20(4-2)11-17(14-5-8-16(9-6-14)29(25,27)28)18(12-20)15-7-10-19(26-13-15)21(22,23)24/h5-13H,3-4H2,1-2H3,(H2,25,27,28). The number of benzene rings is 1. The molecule has 2 aromatic rings. The summed E-state index contributed by atoms with van der Waals surface area (Å²) in [6.07, 6.45) is 2.51. The molecule has 0 fully saturated rings. The van der Waals surface area contributed by atoms with E-state index in [4.69, 9.17) is 5.14 Å². The number of nitrogens with two attached hydrogens (primary N) is 1. The molecule has 4 nitrogen and oxygen atoms in total. The average Bonchev–Trinajstić information content (AvgIpc) is 3.07. The molecule has 0 bridgehead atoms. The van der Waals surface area contributed by atoms with Crippen molar-refractivity contribution >= 4 is 21.2 Å². The SMILES string of the molecule is CCC1(CC)C=C(c2ccc(S(N)(=O)=O)cc2)C(c2ccc(C(F)(F)F)nc2)=C1. The van der Waals surface area contributed by atoms with Crippen LogP contribution in [0.2, 0.25) is 0 Å². The Morgan fingerprint density at radius 3 is 1.86 bits per heavy atom. The lowest BCUT2D eigenvalue weighted by Crippen LogP contribution is -2.11. The minimum absolute atomic E-state index is 0.00109. The van der Waals surface area contributed by atoms with Crippen LogP contribution >= 0.6 is 0 Å². The Morgan fingerprint density at radius 2 is 1.45 bits per heavy atom. The number of aromatic nitrogens is 1. The second kappa shape index (κ2) is 7.42. The van der Waals surface area contributed by atoms with Crippen LogP contribution in [0.3, 0.4) is 0 Å². The fourth-order valence-electron chi connectivity index (χ4n) is 3.45. The molecule has 1 aliphatic carbocycles. The second-order valence-electron chi connectivity index (χ2n) is 7.06. The molecule has 0 radical (unpaired) electrons. The van der Waals surface area contributed by atoms with Gasteiger partial charge in [-0.1, -0.05) is 44.2 Å². The van der Waals surface area contributed by atoms with Crippen molar-refractivity contribution in [1.29, 1.82) is 0 Å². The smallest absolute Gasteiger partial charge is 0.251 e. The summed E-state index contributed by atoms with van der Waals surface area (Å²) in [5.41, 5.74) is 1.76. The van der Waals surface area contributed by atoms with Crippen LogP contribution in [0, 0.1) is 5.41 Å². The molecule has 0 amide bonds. The van der Waals surface area contributed by atoms with Crippen molar-refractivity contribution in [2.45, 2.75) is 37.8 Å². The number of alkyl halides is 3. The maximum Gasteiger partial charge on any atom is 0.433 e. The highest BCUT2D eigenvalue weighted by Crippen LogP contribution is 2.47. The third kappa shape index (κ3) is 4.28. The molecule has 0 aliphatic heterocycles. The van der Waals surface area contributed by atoms with Gasteiger partial charge in [0.1, 0.15) is 5.69 Å². The van der Waals surface area contributed by atoms with Crippen LogP contribution in [0.25, 0.3) is 11.1 Å². The molecule has 1 aliphatic rings. The molecule has 2 N–H and O–H groups in total. The third-order valence-electron chi connectivity index (χ3n) is 5.33. The molecule has 1 heterocycles. The van der Waals surface area contributed by atoms with Gasteiger partial charge in [-0.05, 0) is 47.8 Å². The summed E-state index contributed by atoms with van der Waals surface area (Å²) in [6, 6.07) is 8.53. The Morgan fingerprint density at radius 1 is 0.931 bits per heavy atom. The molecule has 0 spiro atoms. The predicted octanol–water partition coefficient (Wildman–Crippen LogP) is 5.03. The van der Waals surface area contributed by atoms with Crippen molar-refractivity contribution in [2.24, 2.45) is 10.6 Å². The van der Waals surface area contributed by atoms with E-state index in [9.17, 15) is 21.6 Å². The van der Waals surface area contributed by atoms with Crippen LogP contribution in [0.5, 0.6) is 0 Å². The molecule has 1 aromatic carbocycles. The Labute approximate surface area is 168 Å². The Bertz CT molecular complexity index is 1060. The van der Waals surface area contributed by atoms with Crippen LogP contribution in [-0.2, 0) is 16.2 Å². The molecular formula is C21H21F3N2O2S. The number of sulfonamides is 1. The van der Waals surface area contributed by atoms with Crippen molar-refractivity contribution in [3.05, 3.63) is 71.6 Å². The largest absolute Gasteiger partial charge is 0.433 e. The molecule has 0 atom stereocenters. The van der Waals surface area contributed by atoms with Gasteiger partial charge in [-0.15, -0.1) is 0 Å². The summed E-state index contributed by atoms with van der Waals surface area (Å²) in [6.45, 7) is 4.10. The van der Waals surface area contributed by atoms with E-state index >= 15 is 0 Å². The van der Waals surface area contributed by atoms with Crippen molar-refractivity contribution in [2.75, 3.05) is 0 Å². The summed E-state index contributed by atoms with van der Waals surface area (Å²) in [4.78, 5) is 3.58. The summed E-state index contributed by atoms with van der Waals surface area (Å²) < 4.78 is 61.6. The van der Waals surface area contributed by atoms with Gasteiger partial charge in [0, 0.05) is 17.2 Å². The Balaban J connectivity index is 2.08. The van der Waals surface area contributed by atoms with E-state index in [1.807, 2.05) is 13.8 Å². The van der Waals surface area contributed by atoms with Crippen LogP contribution in [-0.4, -0.2) is 13.4 Å². The highest BCUT2D eigenvalue weighted by molar-refractivity contribution is 7.89. The van der Waals surface area contributed by atoms with Gasteiger partial charge in [-0.25, -0.2) is 13.6 Å².